The van der Waals surface area contributed by atoms with Crippen LogP contribution < -0.4 is 10.1 Å². The minimum atomic E-state index is -0.618. The lowest BCUT2D eigenvalue weighted by molar-refractivity contribution is -0.151. The molecule has 24 heavy (non-hydrogen) atoms. The lowest BCUT2D eigenvalue weighted by atomic mass is 10.0. The Balaban J connectivity index is 1.58. The van der Waals surface area contributed by atoms with Gasteiger partial charge in [-0.3, -0.25) is 9.59 Å². The highest BCUT2D eigenvalue weighted by atomic mass is 32.2. The highest BCUT2D eigenvalue weighted by molar-refractivity contribution is 8.01. The van der Waals surface area contributed by atoms with E-state index in [-0.39, 0.29) is 23.8 Å². The van der Waals surface area contributed by atoms with E-state index in [0.717, 1.165) is 0 Å². The van der Waals surface area contributed by atoms with Gasteiger partial charge in [0, 0.05) is 0 Å². The first kappa shape index (κ1) is 16.5. The van der Waals surface area contributed by atoms with E-state index in [9.17, 15) is 14.4 Å². The van der Waals surface area contributed by atoms with Crippen molar-refractivity contribution in [2.75, 3.05) is 6.61 Å². The quantitative estimate of drug-likeness (QED) is 0.486. The van der Waals surface area contributed by atoms with Crippen LogP contribution in [0.4, 0.5) is 0 Å². The molecule has 2 aliphatic rings. The van der Waals surface area contributed by atoms with E-state index in [0.29, 0.717) is 5.75 Å². The van der Waals surface area contributed by atoms with Gasteiger partial charge in [0.05, 0.1) is 4.75 Å². The standard InChI is InChI=1S/C16H17N3O4S/c1-16(2)15(17-9-20)19-13(22)12(14(19)24-16)18-11(21)8-23-10-6-4-3-5-7-10/h3-7,12,14-15H,8H2,1-2H3,(H,18,21)/t12?,14-,15?/m1/s1. The molecule has 2 heterocycles. The van der Waals surface area contributed by atoms with Gasteiger partial charge in [-0.25, -0.2) is 4.79 Å². The molecule has 7 nitrogen and oxygen atoms in total. The molecular formula is C16H17N3O4S. The topological polar surface area (TPSA) is 88.1 Å². The Hall–Kier alpha value is -2.31. The van der Waals surface area contributed by atoms with E-state index < -0.39 is 17.0 Å². The number of aliphatic imine (C=N–C) groups is 1. The molecule has 2 unspecified atom stereocenters. The number of hydrogen-bond acceptors (Lipinski definition) is 6. The lowest BCUT2D eigenvalue weighted by Gasteiger charge is -2.43. The summed E-state index contributed by atoms with van der Waals surface area (Å²) in [5, 5.41) is 2.47. The number of carbonyl (C=O) groups is 2. The van der Waals surface area contributed by atoms with Gasteiger partial charge in [-0.15, -0.1) is 11.8 Å². The Labute approximate surface area is 143 Å². The second kappa shape index (κ2) is 6.30. The van der Waals surface area contributed by atoms with Crippen LogP contribution in [-0.4, -0.2) is 51.7 Å². The molecule has 0 aliphatic carbocycles. The average Bonchev–Trinajstić information content (AvgIpc) is 2.80. The number of carbonyl (C=O) groups excluding carboxylic acids is 3. The third kappa shape index (κ3) is 2.90. The van der Waals surface area contributed by atoms with Crippen LogP contribution in [0.15, 0.2) is 35.3 Å². The molecule has 1 aromatic rings. The second-order valence-electron chi connectivity index (χ2n) is 6.10. The Kier molecular flexibility index (Phi) is 4.34. The summed E-state index contributed by atoms with van der Waals surface area (Å²) in [6.07, 6.45) is 0.975. The molecule has 2 amide bonds. The minimum absolute atomic E-state index is 0.162. The summed E-state index contributed by atoms with van der Waals surface area (Å²) in [7, 11) is 0. The van der Waals surface area contributed by atoms with Crippen molar-refractivity contribution >= 4 is 29.7 Å². The molecule has 0 saturated carbocycles. The monoisotopic (exact) mass is 347 g/mol. The Morgan fingerprint density at radius 2 is 2.12 bits per heavy atom. The molecule has 126 valence electrons. The van der Waals surface area contributed by atoms with E-state index in [2.05, 4.69) is 10.3 Å². The van der Waals surface area contributed by atoms with E-state index in [1.165, 1.54) is 22.7 Å². The van der Waals surface area contributed by atoms with Crippen molar-refractivity contribution in [2.45, 2.75) is 36.2 Å². The summed E-state index contributed by atoms with van der Waals surface area (Å²) in [4.78, 5) is 40.2. The summed E-state index contributed by atoms with van der Waals surface area (Å²) >= 11 is 1.51. The van der Waals surface area contributed by atoms with E-state index in [4.69, 9.17) is 4.74 Å². The fourth-order valence-electron chi connectivity index (χ4n) is 2.86. The maximum absolute atomic E-state index is 12.3. The molecule has 2 aliphatic heterocycles. The fraction of sp³-hybridized carbons (Fsp3) is 0.438. The van der Waals surface area contributed by atoms with Crippen LogP contribution in [-0.2, 0) is 14.4 Å². The van der Waals surface area contributed by atoms with Crippen molar-refractivity contribution in [1.29, 1.82) is 0 Å². The average molecular weight is 347 g/mol. The number of thioether (sulfide) groups is 1. The normalized spacial score (nSPS) is 26.8. The molecule has 0 bridgehead atoms. The SMILES string of the molecule is CC1(C)S[C@@H]2C(NC(=O)COc3ccccc3)C(=O)N2C1N=C=O. The number of benzene rings is 1. The number of nitrogens with zero attached hydrogens (tertiary/aromatic N) is 2. The lowest BCUT2D eigenvalue weighted by Crippen LogP contribution is -2.69. The number of hydrogen-bond donors (Lipinski definition) is 1. The molecule has 1 N–H and O–H groups in total. The van der Waals surface area contributed by atoms with Crippen molar-refractivity contribution in [1.82, 2.24) is 10.2 Å². The number of isocyanates is 1. The van der Waals surface area contributed by atoms with Crippen molar-refractivity contribution in [3.05, 3.63) is 30.3 Å². The maximum Gasteiger partial charge on any atom is 0.258 e. The summed E-state index contributed by atoms with van der Waals surface area (Å²) in [5.41, 5.74) is 0. The van der Waals surface area contributed by atoms with Gasteiger partial charge in [0.2, 0.25) is 6.08 Å². The predicted molar refractivity (Wildman–Crippen MR) is 88.1 cm³/mol. The van der Waals surface area contributed by atoms with Crippen LogP contribution in [0.3, 0.4) is 0 Å². The molecule has 2 saturated heterocycles. The van der Waals surface area contributed by atoms with Gasteiger partial charge < -0.3 is 15.0 Å². The van der Waals surface area contributed by atoms with E-state index in [1.807, 2.05) is 32.0 Å². The maximum atomic E-state index is 12.3. The minimum Gasteiger partial charge on any atom is -0.484 e. The summed E-state index contributed by atoms with van der Waals surface area (Å²) < 4.78 is 4.97. The zero-order valence-electron chi connectivity index (χ0n) is 13.3. The zero-order chi connectivity index (χ0) is 17.3. The second-order valence-corrected chi connectivity index (χ2v) is 7.87. The van der Waals surface area contributed by atoms with Crippen LogP contribution in [0.2, 0.25) is 0 Å². The third-order valence-electron chi connectivity index (χ3n) is 3.99. The van der Waals surface area contributed by atoms with Crippen LogP contribution in [0.5, 0.6) is 5.75 Å². The van der Waals surface area contributed by atoms with Gasteiger partial charge in [0.15, 0.2) is 12.8 Å². The number of nitrogens with one attached hydrogen (secondary N) is 1. The van der Waals surface area contributed by atoms with Gasteiger partial charge in [-0.2, -0.15) is 4.99 Å². The van der Waals surface area contributed by atoms with Crippen LogP contribution in [0, 0.1) is 0 Å². The molecule has 2 fully saturated rings. The number of fused-ring (bicyclic) bond motifs is 1. The van der Waals surface area contributed by atoms with Crippen LogP contribution in [0.25, 0.3) is 0 Å². The number of rotatable bonds is 5. The molecule has 3 rings (SSSR count). The molecule has 0 spiro atoms. The van der Waals surface area contributed by atoms with Gasteiger partial charge in [0.25, 0.3) is 11.8 Å². The predicted octanol–water partition coefficient (Wildman–Crippen LogP) is 0.906. The molecule has 1 aromatic carbocycles. The van der Waals surface area contributed by atoms with Crippen molar-refractivity contribution < 1.29 is 19.1 Å². The largest absolute Gasteiger partial charge is 0.484 e. The van der Waals surface area contributed by atoms with E-state index >= 15 is 0 Å². The number of para-hydroxylation sites is 1. The number of ether oxygens (including phenoxy) is 1. The molecule has 3 atom stereocenters. The molecule has 0 aromatic heterocycles. The molecular weight excluding hydrogens is 330 g/mol. The van der Waals surface area contributed by atoms with Gasteiger partial charge in [0.1, 0.15) is 17.2 Å². The fourth-order valence-corrected chi connectivity index (χ4v) is 4.42. The highest BCUT2D eigenvalue weighted by Gasteiger charge is 2.62. The van der Waals surface area contributed by atoms with Crippen molar-refractivity contribution in [3.63, 3.8) is 0 Å². The van der Waals surface area contributed by atoms with E-state index in [1.54, 1.807) is 12.1 Å². The zero-order valence-corrected chi connectivity index (χ0v) is 14.1. The Morgan fingerprint density at radius 1 is 1.42 bits per heavy atom. The number of amides is 2. The first-order valence-electron chi connectivity index (χ1n) is 7.48. The van der Waals surface area contributed by atoms with Crippen LogP contribution in [0.1, 0.15) is 13.8 Å². The van der Waals surface area contributed by atoms with Gasteiger partial charge in [-0.1, -0.05) is 18.2 Å². The number of β-lactam (4-membered cyclic amide) rings is 1. The summed E-state index contributed by atoms with van der Waals surface area (Å²) in [5.74, 6) is -0.0151. The molecule has 0 radical (unpaired) electrons. The third-order valence-corrected chi connectivity index (χ3v) is 5.55. The van der Waals surface area contributed by atoms with Gasteiger partial charge >= 0.3 is 0 Å². The Morgan fingerprint density at radius 3 is 2.79 bits per heavy atom. The van der Waals surface area contributed by atoms with Gasteiger partial charge in [-0.05, 0) is 26.0 Å². The molecule has 8 heteroatoms. The van der Waals surface area contributed by atoms with Crippen LogP contribution >= 0.6 is 11.8 Å². The Bertz CT molecular complexity index is 703. The van der Waals surface area contributed by atoms with Crippen molar-refractivity contribution in [2.24, 2.45) is 4.99 Å². The summed E-state index contributed by atoms with van der Waals surface area (Å²) in [6, 6.07) is 8.36. The highest BCUT2D eigenvalue weighted by Crippen LogP contribution is 2.50. The summed E-state index contributed by atoms with van der Waals surface area (Å²) in [6.45, 7) is 3.66. The first-order valence-corrected chi connectivity index (χ1v) is 8.36. The first-order chi connectivity index (χ1) is 11.4. The smallest absolute Gasteiger partial charge is 0.258 e. The van der Waals surface area contributed by atoms with Crippen molar-refractivity contribution in [3.8, 4) is 5.75 Å².